The van der Waals surface area contributed by atoms with E-state index in [0.29, 0.717) is 13.2 Å². The van der Waals surface area contributed by atoms with Crippen molar-refractivity contribution in [2.45, 2.75) is 4.90 Å². The summed E-state index contributed by atoms with van der Waals surface area (Å²) in [5.74, 6) is -1.05. The molecular formula is C18H18ClFN2O5S. The second-order valence-electron chi connectivity index (χ2n) is 5.95. The number of carbonyl (C=O) groups is 1. The van der Waals surface area contributed by atoms with Gasteiger partial charge in [-0.05, 0) is 36.4 Å². The lowest BCUT2D eigenvalue weighted by Crippen LogP contribution is -2.40. The molecule has 2 aromatic rings. The quantitative estimate of drug-likeness (QED) is 0.764. The molecule has 0 bridgehead atoms. The summed E-state index contributed by atoms with van der Waals surface area (Å²) in [6.07, 6.45) is 0. The lowest BCUT2D eigenvalue weighted by molar-refractivity contribution is -0.118. The number of nitrogens with one attached hydrogen (secondary N) is 1. The minimum atomic E-state index is -3.86. The largest absolute Gasteiger partial charge is 0.482 e. The van der Waals surface area contributed by atoms with Gasteiger partial charge in [0.25, 0.3) is 5.91 Å². The predicted molar refractivity (Wildman–Crippen MR) is 102 cm³/mol. The van der Waals surface area contributed by atoms with E-state index in [1.165, 1.54) is 40.7 Å². The van der Waals surface area contributed by atoms with Gasteiger partial charge < -0.3 is 14.8 Å². The molecule has 0 aromatic heterocycles. The molecule has 1 aliphatic rings. The van der Waals surface area contributed by atoms with E-state index in [4.69, 9.17) is 21.1 Å². The van der Waals surface area contributed by atoms with Crippen molar-refractivity contribution in [1.82, 2.24) is 4.31 Å². The molecule has 1 aliphatic heterocycles. The van der Waals surface area contributed by atoms with Crippen LogP contribution < -0.4 is 10.1 Å². The van der Waals surface area contributed by atoms with E-state index in [0.717, 1.165) is 6.07 Å². The standard InChI is InChI=1S/C18H18ClFN2O5S/c19-13-4-5-16(17(10-13)28(24,25)22-6-8-26-9-7-22)27-12-18(23)21-15-3-1-2-14(20)11-15/h1-5,10-11H,6-9,12H2,(H,21,23). The van der Waals surface area contributed by atoms with Crippen LogP contribution in [0.1, 0.15) is 0 Å². The highest BCUT2D eigenvalue weighted by atomic mass is 35.5. The van der Waals surface area contributed by atoms with Crippen LogP contribution in [0.15, 0.2) is 47.4 Å². The van der Waals surface area contributed by atoms with Gasteiger partial charge in [0.15, 0.2) is 6.61 Å². The molecule has 1 heterocycles. The molecule has 1 N–H and O–H groups in total. The first-order valence-corrected chi connectivity index (χ1v) is 10.2. The summed E-state index contributed by atoms with van der Waals surface area (Å²) in [6.45, 7) is 0.574. The molecule has 1 amide bonds. The second-order valence-corrected chi connectivity index (χ2v) is 8.30. The summed E-state index contributed by atoms with van der Waals surface area (Å²) in [7, 11) is -3.86. The number of morpholine rings is 1. The number of sulfonamides is 1. The lowest BCUT2D eigenvalue weighted by atomic mass is 10.3. The molecule has 0 unspecified atom stereocenters. The molecule has 7 nitrogen and oxygen atoms in total. The number of halogens is 2. The van der Waals surface area contributed by atoms with Crippen molar-refractivity contribution in [1.29, 1.82) is 0 Å². The maximum Gasteiger partial charge on any atom is 0.262 e. The molecule has 28 heavy (non-hydrogen) atoms. The van der Waals surface area contributed by atoms with Crippen molar-refractivity contribution in [3.63, 3.8) is 0 Å². The fourth-order valence-electron chi connectivity index (χ4n) is 2.64. The van der Waals surface area contributed by atoms with Crippen molar-refractivity contribution >= 4 is 33.2 Å². The van der Waals surface area contributed by atoms with Gasteiger partial charge in [0, 0.05) is 23.8 Å². The Balaban J connectivity index is 1.74. The molecule has 0 radical (unpaired) electrons. The number of hydrogen-bond donors (Lipinski definition) is 1. The number of hydrogen-bond acceptors (Lipinski definition) is 5. The van der Waals surface area contributed by atoms with Gasteiger partial charge in [0.2, 0.25) is 10.0 Å². The first-order chi connectivity index (χ1) is 13.4. The summed E-state index contributed by atoms with van der Waals surface area (Å²) >= 11 is 5.97. The van der Waals surface area contributed by atoms with Gasteiger partial charge in [0.1, 0.15) is 16.5 Å². The Morgan fingerprint density at radius 3 is 2.68 bits per heavy atom. The van der Waals surface area contributed by atoms with Crippen molar-refractivity contribution in [3.8, 4) is 5.75 Å². The number of benzene rings is 2. The molecule has 10 heteroatoms. The third kappa shape index (κ3) is 4.99. The monoisotopic (exact) mass is 428 g/mol. The summed E-state index contributed by atoms with van der Waals surface area (Å²) in [4.78, 5) is 11.9. The fourth-order valence-corrected chi connectivity index (χ4v) is 4.44. The van der Waals surface area contributed by atoms with Gasteiger partial charge in [-0.3, -0.25) is 4.79 Å². The zero-order chi connectivity index (χ0) is 20.1. The van der Waals surface area contributed by atoms with Crippen LogP contribution in [0, 0.1) is 5.82 Å². The van der Waals surface area contributed by atoms with E-state index in [2.05, 4.69) is 5.32 Å². The van der Waals surface area contributed by atoms with Crippen molar-refractivity contribution in [3.05, 3.63) is 53.3 Å². The number of carbonyl (C=O) groups excluding carboxylic acids is 1. The van der Waals surface area contributed by atoms with Crippen LogP contribution in [0.3, 0.4) is 0 Å². The van der Waals surface area contributed by atoms with Gasteiger partial charge in [0.05, 0.1) is 13.2 Å². The van der Waals surface area contributed by atoms with Crippen LogP contribution in [0.4, 0.5) is 10.1 Å². The van der Waals surface area contributed by atoms with E-state index in [1.807, 2.05) is 0 Å². The zero-order valence-corrected chi connectivity index (χ0v) is 16.3. The molecule has 0 atom stereocenters. The molecule has 0 saturated carbocycles. The van der Waals surface area contributed by atoms with Crippen LogP contribution in [-0.4, -0.2) is 51.5 Å². The third-order valence-electron chi connectivity index (χ3n) is 3.96. The topological polar surface area (TPSA) is 84.9 Å². The predicted octanol–water partition coefficient (Wildman–Crippen LogP) is 2.52. The Morgan fingerprint density at radius 2 is 1.96 bits per heavy atom. The highest BCUT2D eigenvalue weighted by Gasteiger charge is 2.29. The smallest absolute Gasteiger partial charge is 0.262 e. The van der Waals surface area contributed by atoms with E-state index >= 15 is 0 Å². The van der Waals surface area contributed by atoms with Crippen LogP contribution in [0.25, 0.3) is 0 Å². The van der Waals surface area contributed by atoms with E-state index in [-0.39, 0.29) is 34.4 Å². The van der Waals surface area contributed by atoms with Crippen molar-refractivity contribution in [2.75, 3.05) is 38.2 Å². The van der Waals surface area contributed by atoms with Gasteiger partial charge in [-0.1, -0.05) is 17.7 Å². The molecule has 1 fully saturated rings. The average molecular weight is 429 g/mol. The summed E-state index contributed by atoms with van der Waals surface area (Å²) in [5, 5.41) is 2.70. The highest BCUT2D eigenvalue weighted by Crippen LogP contribution is 2.30. The van der Waals surface area contributed by atoms with Gasteiger partial charge in [-0.15, -0.1) is 0 Å². The average Bonchev–Trinajstić information content (AvgIpc) is 2.67. The maximum absolute atomic E-state index is 13.2. The zero-order valence-electron chi connectivity index (χ0n) is 14.7. The molecule has 0 spiro atoms. The van der Waals surface area contributed by atoms with Gasteiger partial charge in [-0.2, -0.15) is 4.31 Å². The minimum Gasteiger partial charge on any atom is -0.482 e. The Labute approximate surface area is 167 Å². The minimum absolute atomic E-state index is 0.00489. The van der Waals surface area contributed by atoms with Crippen molar-refractivity contribution in [2.24, 2.45) is 0 Å². The molecule has 150 valence electrons. The van der Waals surface area contributed by atoms with Gasteiger partial charge >= 0.3 is 0 Å². The first-order valence-electron chi connectivity index (χ1n) is 8.42. The SMILES string of the molecule is O=C(COc1ccc(Cl)cc1S(=O)(=O)N1CCOCC1)Nc1cccc(F)c1. The highest BCUT2D eigenvalue weighted by molar-refractivity contribution is 7.89. The van der Waals surface area contributed by atoms with Crippen LogP contribution >= 0.6 is 11.6 Å². The number of anilines is 1. The maximum atomic E-state index is 13.2. The normalized spacial score (nSPS) is 15.2. The summed E-state index contributed by atoms with van der Waals surface area (Å²) in [6, 6.07) is 9.55. The Kier molecular flexibility index (Phi) is 6.50. The van der Waals surface area contributed by atoms with E-state index < -0.39 is 28.4 Å². The van der Waals surface area contributed by atoms with E-state index in [9.17, 15) is 17.6 Å². The van der Waals surface area contributed by atoms with Gasteiger partial charge in [-0.25, -0.2) is 12.8 Å². The molecular weight excluding hydrogens is 411 g/mol. The number of ether oxygens (including phenoxy) is 2. The Bertz CT molecular complexity index is 964. The second kappa shape index (κ2) is 8.87. The van der Waals surface area contributed by atoms with E-state index in [1.54, 1.807) is 0 Å². The summed E-state index contributed by atoms with van der Waals surface area (Å²) in [5.41, 5.74) is 0.269. The van der Waals surface area contributed by atoms with Crippen LogP contribution in [0.2, 0.25) is 5.02 Å². The molecule has 0 aliphatic carbocycles. The third-order valence-corrected chi connectivity index (χ3v) is 6.12. The summed E-state index contributed by atoms with van der Waals surface area (Å²) < 4.78 is 50.9. The fraction of sp³-hybridized carbons (Fsp3) is 0.278. The Morgan fingerprint density at radius 1 is 1.21 bits per heavy atom. The number of nitrogens with zero attached hydrogens (tertiary/aromatic N) is 1. The lowest BCUT2D eigenvalue weighted by Gasteiger charge is -2.26. The molecule has 1 saturated heterocycles. The first kappa shape index (κ1) is 20.5. The number of rotatable bonds is 6. The Hall–Kier alpha value is -2.20. The van der Waals surface area contributed by atoms with Crippen LogP contribution in [0.5, 0.6) is 5.75 Å². The molecule has 2 aromatic carbocycles. The van der Waals surface area contributed by atoms with Crippen LogP contribution in [-0.2, 0) is 19.6 Å². The van der Waals surface area contributed by atoms with Crippen molar-refractivity contribution < 1.29 is 27.1 Å². The number of amides is 1. The molecule has 3 rings (SSSR count).